The lowest BCUT2D eigenvalue weighted by atomic mass is 9.96. The standard InChI is InChI=1S/C31H38N4O6/c1-31(2,3)41-29(38)21-14-16-33(17-15-21)22-8-11-24-26(18-22)32(4)30(39)35(24)25-12-13-27(36)34(28(25)37)19-20-6-9-23(40-5)10-7-20/h6-11,18,21,25H,12-17,19H2,1-5H3. The first kappa shape index (κ1) is 28.4. The van der Waals surface area contributed by atoms with Gasteiger partial charge in [-0.05, 0) is 75.9 Å². The van der Waals surface area contributed by atoms with Crippen LogP contribution in [0, 0.1) is 5.92 Å². The maximum Gasteiger partial charge on any atom is 0.329 e. The first-order chi connectivity index (χ1) is 19.5. The molecule has 0 N–H and O–H groups in total. The minimum Gasteiger partial charge on any atom is -0.497 e. The summed E-state index contributed by atoms with van der Waals surface area (Å²) in [7, 11) is 3.28. The number of ether oxygens (including phenoxy) is 2. The summed E-state index contributed by atoms with van der Waals surface area (Å²) in [4.78, 5) is 55.8. The first-order valence-corrected chi connectivity index (χ1v) is 14.1. The molecule has 2 fully saturated rings. The van der Waals surface area contributed by atoms with Gasteiger partial charge in [-0.1, -0.05) is 12.1 Å². The molecule has 0 aliphatic carbocycles. The van der Waals surface area contributed by atoms with Gasteiger partial charge in [-0.2, -0.15) is 0 Å². The average molecular weight is 563 g/mol. The fourth-order valence-corrected chi connectivity index (χ4v) is 5.75. The van der Waals surface area contributed by atoms with Gasteiger partial charge in [0.1, 0.15) is 17.4 Å². The largest absolute Gasteiger partial charge is 0.497 e. The fourth-order valence-electron chi connectivity index (χ4n) is 5.75. The molecule has 2 aromatic carbocycles. The number of fused-ring (bicyclic) bond motifs is 1. The summed E-state index contributed by atoms with van der Waals surface area (Å²) in [5, 5.41) is 0. The normalized spacial score (nSPS) is 18.7. The molecule has 10 heteroatoms. The number of aryl methyl sites for hydroxylation is 1. The molecule has 41 heavy (non-hydrogen) atoms. The molecule has 10 nitrogen and oxygen atoms in total. The third kappa shape index (κ3) is 5.73. The van der Waals surface area contributed by atoms with Gasteiger partial charge in [0.05, 0.1) is 30.6 Å². The maximum atomic E-state index is 13.6. The smallest absolute Gasteiger partial charge is 0.329 e. The van der Waals surface area contributed by atoms with Crippen LogP contribution in [0.4, 0.5) is 5.69 Å². The average Bonchev–Trinajstić information content (AvgIpc) is 3.19. The van der Waals surface area contributed by atoms with Crippen LogP contribution in [0.2, 0.25) is 0 Å². The fraction of sp³-hybridized carbons (Fsp3) is 0.484. The van der Waals surface area contributed by atoms with Crippen LogP contribution in [-0.2, 0) is 32.7 Å². The third-order valence-corrected chi connectivity index (χ3v) is 7.97. The second-order valence-electron chi connectivity index (χ2n) is 11.9. The zero-order valence-corrected chi connectivity index (χ0v) is 24.4. The molecular weight excluding hydrogens is 524 g/mol. The van der Waals surface area contributed by atoms with Crippen molar-refractivity contribution in [3.8, 4) is 5.75 Å². The lowest BCUT2D eigenvalue weighted by Crippen LogP contribution is -2.47. The number of aromatic nitrogens is 2. The summed E-state index contributed by atoms with van der Waals surface area (Å²) in [6.07, 6.45) is 1.85. The van der Waals surface area contributed by atoms with Crippen molar-refractivity contribution in [2.45, 2.75) is 64.6 Å². The SMILES string of the molecule is COc1ccc(CN2C(=O)CCC(n3c(=O)n(C)c4cc(N5CCC(C(=O)OC(C)(C)C)CC5)ccc43)C2=O)cc1. The highest BCUT2D eigenvalue weighted by Crippen LogP contribution is 2.31. The number of imide groups is 1. The lowest BCUT2D eigenvalue weighted by molar-refractivity contribution is -0.160. The zero-order valence-electron chi connectivity index (χ0n) is 24.4. The second-order valence-corrected chi connectivity index (χ2v) is 11.9. The molecule has 3 aromatic rings. The molecule has 1 atom stereocenters. The predicted octanol–water partition coefficient (Wildman–Crippen LogP) is 3.80. The van der Waals surface area contributed by atoms with E-state index in [0.29, 0.717) is 42.7 Å². The molecule has 2 aliphatic rings. The Bertz CT molecular complexity index is 1520. The summed E-state index contributed by atoms with van der Waals surface area (Å²) in [5.74, 6) is -0.200. The number of likely N-dealkylation sites (tertiary alicyclic amines) is 1. The van der Waals surface area contributed by atoms with Crippen molar-refractivity contribution in [2.24, 2.45) is 13.0 Å². The van der Waals surface area contributed by atoms with E-state index in [4.69, 9.17) is 9.47 Å². The van der Waals surface area contributed by atoms with Crippen LogP contribution in [0.3, 0.4) is 0 Å². The predicted molar refractivity (Wildman–Crippen MR) is 155 cm³/mol. The molecule has 5 rings (SSSR count). The first-order valence-electron chi connectivity index (χ1n) is 14.1. The van der Waals surface area contributed by atoms with Gasteiger partial charge in [0, 0.05) is 32.2 Å². The van der Waals surface area contributed by atoms with E-state index in [1.807, 2.05) is 51.1 Å². The number of piperidine rings is 2. The van der Waals surface area contributed by atoms with E-state index in [9.17, 15) is 19.2 Å². The van der Waals surface area contributed by atoms with Crippen LogP contribution >= 0.6 is 0 Å². The maximum absolute atomic E-state index is 13.6. The number of imidazole rings is 1. The van der Waals surface area contributed by atoms with Crippen molar-refractivity contribution < 1.29 is 23.9 Å². The monoisotopic (exact) mass is 562 g/mol. The van der Waals surface area contributed by atoms with Crippen LogP contribution in [0.1, 0.15) is 58.1 Å². The Hall–Kier alpha value is -4.08. The van der Waals surface area contributed by atoms with Crippen LogP contribution < -0.4 is 15.3 Å². The molecular formula is C31H38N4O6. The number of esters is 1. The second kappa shape index (κ2) is 11.1. The van der Waals surface area contributed by atoms with Gasteiger partial charge in [0.2, 0.25) is 5.91 Å². The van der Waals surface area contributed by atoms with Gasteiger partial charge < -0.3 is 14.4 Å². The number of benzene rings is 2. The van der Waals surface area contributed by atoms with Crippen LogP contribution in [0.15, 0.2) is 47.3 Å². The lowest BCUT2D eigenvalue weighted by Gasteiger charge is -2.34. The number of hydrogen-bond donors (Lipinski definition) is 0. The van der Waals surface area contributed by atoms with Crippen molar-refractivity contribution in [1.82, 2.24) is 14.0 Å². The summed E-state index contributed by atoms with van der Waals surface area (Å²) in [5.41, 5.74) is 2.34. The van der Waals surface area contributed by atoms with Gasteiger partial charge in [-0.15, -0.1) is 0 Å². The Kier molecular flexibility index (Phi) is 7.68. The van der Waals surface area contributed by atoms with Crippen molar-refractivity contribution in [3.63, 3.8) is 0 Å². The Morgan fingerprint density at radius 1 is 0.951 bits per heavy atom. The third-order valence-electron chi connectivity index (χ3n) is 7.97. The zero-order chi connectivity index (χ0) is 29.5. The summed E-state index contributed by atoms with van der Waals surface area (Å²) in [6, 6.07) is 12.3. The highest BCUT2D eigenvalue weighted by molar-refractivity contribution is 6.00. The van der Waals surface area contributed by atoms with E-state index in [0.717, 1.165) is 11.3 Å². The van der Waals surface area contributed by atoms with Gasteiger partial charge >= 0.3 is 11.7 Å². The molecule has 1 aromatic heterocycles. The van der Waals surface area contributed by atoms with Gasteiger partial charge in [-0.25, -0.2) is 4.79 Å². The Morgan fingerprint density at radius 2 is 1.63 bits per heavy atom. The van der Waals surface area contributed by atoms with Gasteiger partial charge in [0.15, 0.2) is 0 Å². The Morgan fingerprint density at radius 3 is 2.27 bits per heavy atom. The Labute approximate surface area is 239 Å². The number of anilines is 1. The van der Waals surface area contributed by atoms with Crippen molar-refractivity contribution in [2.75, 3.05) is 25.1 Å². The number of methoxy groups -OCH3 is 1. The number of nitrogens with zero attached hydrogens (tertiary/aromatic N) is 4. The van der Waals surface area contributed by atoms with Crippen LogP contribution in [0.5, 0.6) is 5.75 Å². The molecule has 0 saturated carbocycles. The Balaban J connectivity index is 1.36. The highest BCUT2D eigenvalue weighted by atomic mass is 16.6. The summed E-state index contributed by atoms with van der Waals surface area (Å²) >= 11 is 0. The number of carbonyl (C=O) groups is 3. The molecule has 0 bridgehead atoms. The van der Waals surface area contributed by atoms with Crippen molar-refractivity contribution in [3.05, 3.63) is 58.5 Å². The quantitative estimate of drug-likeness (QED) is 0.333. The number of carbonyl (C=O) groups excluding carboxylic acids is 3. The summed E-state index contributed by atoms with van der Waals surface area (Å²) < 4.78 is 13.9. The highest BCUT2D eigenvalue weighted by Gasteiger charge is 2.37. The molecule has 2 aliphatic heterocycles. The van der Waals surface area contributed by atoms with E-state index in [1.165, 1.54) is 9.47 Å². The van der Waals surface area contributed by atoms with Gasteiger partial charge in [-0.3, -0.25) is 28.4 Å². The molecule has 1 unspecified atom stereocenters. The van der Waals surface area contributed by atoms with Crippen molar-refractivity contribution >= 4 is 34.5 Å². The molecule has 0 radical (unpaired) electrons. The number of rotatable bonds is 6. The van der Waals surface area contributed by atoms with Gasteiger partial charge in [0.25, 0.3) is 5.91 Å². The summed E-state index contributed by atoms with van der Waals surface area (Å²) in [6.45, 7) is 7.18. The van der Waals surface area contributed by atoms with Crippen LogP contribution in [-0.4, -0.2) is 57.6 Å². The van der Waals surface area contributed by atoms with E-state index in [-0.39, 0.29) is 48.8 Å². The number of hydrogen-bond acceptors (Lipinski definition) is 7. The minimum absolute atomic E-state index is 0.125. The van der Waals surface area contributed by atoms with E-state index < -0.39 is 11.6 Å². The van der Waals surface area contributed by atoms with E-state index >= 15 is 0 Å². The molecule has 2 amide bonds. The molecule has 218 valence electrons. The molecule has 2 saturated heterocycles. The molecule has 3 heterocycles. The van der Waals surface area contributed by atoms with Crippen LogP contribution in [0.25, 0.3) is 11.0 Å². The minimum atomic E-state index is -0.766. The van der Waals surface area contributed by atoms with E-state index in [1.54, 1.807) is 30.9 Å². The topological polar surface area (TPSA) is 103 Å². The van der Waals surface area contributed by atoms with E-state index in [2.05, 4.69) is 4.90 Å². The van der Waals surface area contributed by atoms with Crippen molar-refractivity contribution in [1.29, 1.82) is 0 Å². The molecule has 0 spiro atoms. The number of amides is 2.